The van der Waals surface area contributed by atoms with E-state index in [0.29, 0.717) is 49.8 Å². The van der Waals surface area contributed by atoms with Gasteiger partial charge in [0.05, 0.1) is 6.61 Å². The number of rotatable bonds is 6. The van der Waals surface area contributed by atoms with Gasteiger partial charge in [-0.3, -0.25) is 4.79 Å². The lowest BCUT2D eigenvalue weighted by Gasteiger charge is -2.34. The van der Waals surface area contributed by atoms with Gasteiger partial charge in [0.15, 0.2) is 10.4 Å². The van der Waals surface area contributed by atoms with Crippen LogP contribution in [0.15, 0.2) is 45.5 Å². The molecule has 0 saturated carbocycles. The molecule has 0 bridgehead atoms. The second-order valence-electron chi connectivity index (χ2n) is 6.63. The van der Waals surface area contributed by atoms with Gasteiger partial charge in [0.2, 0.25) is 0 Å². The van der Waals surface area contributed by atoms with E-state index in [1.165, 1.54) is 0 Å². The monoisotopic (exact) mass is 449 g/mol. The predicted molar refractivity (Wildman–Crippen MR) is 109 cm³/mol. The zero-order chi connectivity index (χ0) is 19.9. The molecule has 0 aliphatic carbocycles. The lowest BCUT2D eigenvalue weighted by Crippen LogP contribution is -2.53. The van der Waals surface area contributed by atoms with E-state index in [1.54, 1.807) is 21.9 Å². The van der Waals surface area contributed by atoms with E-state index in [0.717, 1.165) is 17.7 Å². The topological polar surface area (TPSA) is 75.0 Å². The summed E-state index contributed by atoms with van der Waals surface area (Å²) in [5, 5.41) is 2.91. The highest BCUT2D eigenvalue weighted by Crippen LogP contribution is 2.17. The lowest BCUT2D eigenvalue weighted by atomic mass is 10.2. The summed E-state index contributed by atoms with van der Waals surface area (Å²) in [6.45, 7) is 5.09. The highest BCUT2D eigenvalue weighted by molar-refractivity contribution is 9.10. The number of furan rings is 1. The molecule has 1 aliphatic heterocycles. The van der Waals surface area contributed by atoms with Crippen LogP contribution in [-0.2, 0) is 0 Å². The molecule has 3 rings (SSSR count). The Balaban J connectivity index is 1.33. The van der Waals surface area contributed by atoms with Crippen molar-refractivity contribution >= 4 is 27.9 Å². The van der Waals surface area contributed by atoms with Gasteiger partial charge in [-0.1, -0.05) is 12.1 Å². The molecule has 0 radical (unpaired) electrons. The fourth-order valence-electron chi connectivity index (χ4n) is 2.97. The smallest absolute Gasteiger partial charge is 0.317 e. The summed E-state index contributed by atoms with van der Waals surface area (Å²) in [4.78, 5) is 28.0. The number of halogens is 1. The van der Waals surface area contributed by atoms with E-state index in [4.69, 9.17) is 9.15 Å². The number of urea groups is 1. The van der Waals surface area contributed by atoms with Gasteiger partial charge >= 0.3 is 6.03 Å². The molecule has 0 unspecified atom stereocenters. The summed E-state index contributed by atoms with van der Waals surface area (Å²) in [5.41, 5.74) is 1.16. The number of benzene rings is 1. The summed E-state index contributed by atoms with van der Waals surface area (Å²) < 4.78 is 11.5. The van der Waals surface area contributed by atoms with Crippen molar-refractivity contribution in [2.45, 2.75) is 13.3 Å². The third-order valence-electron chi connectivity index (χ3n) is 4.49. The Hall–Kier alpha value is -2.48. The minimum Gasteiger partial charge on any atom is -0.494 e. The van der Waals surface area contributed by atoms with Crippen molar-refractivity contribution in [2.24, 2.45) is 0 Å². The number of hydrogen-bond acceptors (Lipinski definition) is 4. The fourth-order valence-corrected chi connectivity index (χ4v) is 3.28. The molecule has 3 amide bonds. The van der Waals surface area contributed by atoms with Crippen LogP contribution < -0.4 is 10.1 Å². The Labute approximate surface area is 172 Å². The molecule has 28 heavy (non-hydrogen) atoms. The normalized spacial score (nSPS) is 14.1. The summed E-state index contributed by atoms with van der Waals surface area (Å²) in [5.74, 6) is 0.994. The van der Waals surface area contributed by atoms with Crippen molar-refractivity contribution in [1.82, 2.24) is 15.1 Å². The Morgan fingerprint density at radius 1 is 1.14 bits per heavy atom. The minimum absolute atomic E-state index is 0.108. The van der Waals surface area contributed by atoms with Gasteiger partial charge in [-0.25, -0.2) is 4.79 Å². The van der Waals surface area contributed by atoms with Crippen molar-refractivity contribution in [3.8, 4) is 5.75 Å². The third-order valence-corrected chi connectivity index (χ3v) is 4.92. The van der Waals surface area contributed by atoms with Crippen LogP contribution in [-0.4, -0.2) is 61.1 Å². The molecule has 1 aromatic heterocycles. The van der Waals surface area contributed by atoms with E-state index >= 15 is 0 Å². The number of hydrogen-bond donors (Lipinski definition) is 1. The number of piperazine rings is 1. The van der Waals surface area contributed by atoms with Gasteiger partial charge in [0.25, 0.3) is 5.91 Å². The minimum atomic E-state index is -0.154. The van der Waals surface area contributed by atoms with Gasteiger partial charge in [0, 0.05) is 32.7 Å². The summed E-state index contributed by atoms with van der Waals surface area (Å²) in [6, 6.07) is 11.1. The second kappa shape index (κ2) is 9.64. The standard InChI is InChI=1S/C20H24BrN3O4/c1-15-4-2-5-16(14-15)27-13-3-8-22-20(26)24-11-9-23(10-12-24)19(25)17-6-7-18(21)28-17/h2,4-7,14H,3,8-13H2,1H3,(H,22,26). The van der Waals surface area contributed by atoms with E-state index < -0.39 is 0 Å². The molecule has 0 atom stereocenters. The van der Waals surface area contributed by atoms with Crippen molar-refractivity contribution in [3.63, 3.8) is 0 Å². The summed E-state index contributed by atoms with van der Waals surface area (Å²) in [6.07, 6.45) is 0.728. The molecule has 1 aromatic carbocycles. The SMILES string of the molecule is Cc1cccc(OCCCNC(=O)N2CCN(C(=O)c3ccc(Br)o3)CC2)c1. The van der Waals surface area contributed by atoms with Gasteiger partial charge in [0.1, 0.15) is 5.75 Å². The summed E-state index contributed by atoms with van der Waals surface area (Å²) >= 11 is 3.20. The molecule has 8 heteroatoms. The Bertz CT molecular complexity index is 815. The first-order chi connectivity index (χ1) is 13.5. The van der Waals surface area contributed by atoms with E-state index in [9.17, 15) is 9.59 Å². The van der Waals surface area contributed by atoms with Crippen LogP contribution in [0.2, 0.25) is 0 Å². The van der Waals surface area contributed by atoms with Crippen LogP contribution >= 0.6 is 15.9 Å². The van der Waals surface area contributed by atoms with Gasteiger partial charge in [-0.2, -0.15) is 0 Å². The molecular weight excluding hydrogens is 426 g/mol. The van der Waals surface area contributed by atoms with Crippen LogP contribution in [0.1, 0.15) is 22.5 Å². The van der Waals surface area contributed by atoms with Crippen LogP contribution in [0.3, 0.4) is 0 Å². The maximum atomic E-state index is 12.3. The van der Waals surface area contributed by atoms with Gasteiger partial charge in [-0.05, 0) is 59.1 Å². The van der Waals surface area contributed by atoms with Crippen LogP contribution in [0.25, 0.3) is 0 Å². The van der Waals surface area contributed by atoms with E-state index in [1.807, 2.05) is 31.2 Å². The lowest BCUT2D eigenvalue weighted by molar-refractivity contribution is 0.0632. The first-order valence-electron chi connectivity index (χ1n) is 9.30. The number of amides is 3. The zero-order valence-corrected chi connectivity index (χ0v) is 17.4. The number of carbonyl (C=O) groups excluding carboxylic acids is 2. The number of nitrogens with zero attached hydrogens (tertiary/aromatic N) is 2. The highest BCUT2D eigenvalue weighted by atomic mass is 79.9. The van der Waals surface area contributed by atoms with Crippen molar-refractivity contribution < 1.29 is 18.7 Å². The number of carbonyl (C=O) groups is 2. The molecule has 7 nitrogen and oxygen atoms in total. The fraction of sp³-hybridized carbons (Fsp3) is 0.400. The molecule has 1 aliphatic rings. The largest absolute Gasteiger partial charge is 0.494 e. The Morgan fingerprint density at radius 2 is 1.89 bits per heavy atom. The predicted octanol–water partition coefficient (Wildman–Crippen LogP) is 3.29. The molecule has 1 fully saturated rings. The van der Waals surface area contributed by atoms with Crippen molar-refractivity contribution in [3.05, 3.63) is 52.4 Å². The number of aryl methyl sites for hydroxylation is 1. The highest BCUT2D eigenvalue weighted by Gasteiger charge is 2.26. The first-order valence-corrected chi connectivity index (χ1v) is 10.1. The zero-order valence-electron chi connectivity index (χ0n) is 15.8. The van der Waals surface area contributed by atoms with Gasteiger partial charge < -0.3 is 24.3 Å². The van der Waals surface area contributed by atoms with E-state index in [2.05, 4.69) is 21.2 Å². The maximum absolute atomic E-state index is 12.3. The first kappa shape index (κ1) is 20.3. The average Bonchev–Trinajstić information content (AvgIpc) is 3.13. The molecular formula is C20H24BrN3O4. The third kappa shape index (κ3) is 5.51. The molecule has 2 heterocycles. The Kier molecular flexibility index (Phi) is 6.97. The number of ether oxygens (including phenoxy) is 1. The molecule has 0 spiro atoms. The van der Waals surface area contributed by atoms with Crippen LogP contribution in [0, 0.1) is 6.92 Å². The van der Waals surface area contributed by atoms with Crippen LogP contribution in [0.5, 0.6) is 5.75 Å². The summed E-state index contributed by atoms with van der Waals surface area (Å²) in [7, 11) is 0. The van der Waals surface area contributed by atoms with Crippen molar-refractivity contribution in [1.29, 1.82) is 0 Å². The van der Waals surface area contributed by atoms with Crippen molar-refractivity contribution in [2.75, 3.05) is 39.3 Å². The molecule has 1 saturated heterocycles. The number of nitrogens with one attached hydrogen (secondary N) is 1. The molecule has 1 N–H and O–H groups in total. The van der Waals surface area contributed by atoms with Crippen LogP contribution in [0.4, 0.5) is 4.79 Å². The van der Waals surface area contributed by atoms with Gasteiger partial charge in [-0.15, -0.1) is 0 Å². The maximum Gasteiger partial charge on any atom is 0.317 e. The Morgan fingerprint density at radius 3 is 2.57 bits per heavy atom. The molecule has 2 aromatic rings. The van der Waals surface area contributed by atoms with E-state index in [-0.39, 0.29) is 11.9 Å². The molecule has 150 valence electrons. The average molecular weight is 450 g/mol. The second-order valence-corrected chi connectivity index (χ2v) is 7.42. The quantitative estimate of drug-likeness (QED) is 0.686.